The van der Waals surface area contributed by atoms with Gasteiger partial charge in [0.05, 0.1) is 5.03 Å². The number of nitrogens with zero attached hydrogens (tertiary/aromatic N) is 1. The monoisotopic (exact) mass is 155 g/mol. The molecule has 0 aromatic heterocycles. The van der Waals surface area contributed by atoms with Gasteiger partial charge < -0.3 is 0 Å². The van der Waals surface area contributed by atoms with Gasteiger partial charge in [0.15, 0.2) is 0 Å². The van der Waals surface area contributed by atoms with Crippen LogP contribution < -0.4 is 0 Å². The van der Waals surface area contributed by atoms with Gasteiger partial charge in [0.2, 0.25) is 0 Å². The Morgan fingerprint density at radius 1 is 1.50 bits per heavy atom. The maximum Gasteiger partial charge on any atom is 0.107 e. The van der Waals surface area contributed by atoms with Crippen molar-refractivity contribution in [2.75, 3.05) is 0 Å². The van der Waals surface area contributed by atoms with Crippen molar-refractivity contribution in [2.45, 2.75) is 6.42 Å². The Balaban J connectivity index is 2.92. The molecule has 0 unspecified atom stereocenters. The third-order valence-electron chi connectivity index (χ3n) is 1.19. The number of rotatable bonds is 1. The minimum atomic E-state index is 0.395. The minimum absolute atomic E-state index is 0.395. The standard InChI is InChI=1S/C7H6ClNO/c8-6-4-2-1-3-5-7(6)9-10/h1-4H,5H2. The van der Waals surface area contributed by atoms with E-state index in [0.29, 0.717) is 17.2 Å². The summed E-state index contributed by atoms with van der Waals surface area (Å²) in [6, 6.07) is 0. The molecule has 0 fully saturated rings. The molecule has 2 nitrogen and oxygen atoms in total. The quantitative estimate of drug-likeness (QED) is 0.536. The van der Waals surface area contributed by atoms with Gasteiger partial charge in [-0.2, -0.15) is 0 Å². The van der Waals surface area contributed by atoms with E-state index in [2.05, 4.69) is 5.18 Å². The lowest BCUT2D eigenvalue weighted by Gasteiger charge is -1.90. The van der Waals surface area contributed by atoms with Crippen LogP contribution in [0.2, 0.25) is 0 Å². The van der Waals surface area contributed by atoms with E-state index in [1.807, 2.05) is 12.2 Å². The highest BCUT2D eigenvalue weighted by molar-refractivity contribution is 6.31. The second-order valence-corrected chi connectivity index (χ2v) is 2.28. The fourth-order valence-electron chi connectivity index (χ4n) is 0.673. The maximum atomic E-state index is 10.1. The molecule has 0 spiro atoms. The van der Waals surface area contributed by atoms with Crippen LogP contribution in [-0.2, 0) is 0 Å². The molecule has 1 aliphatic rings. The van der Waals surface area contributed by atoms with Gasteiger partial charge in [0.1, 0.15) is 5.70 Å². The van der Waals surface area contributed by atoms with E-state index in [1.165, 1.54) is 0 Å². The summed E-state index contributed by atoms with van der Waals surface area (Å²) in [4.78, 5) is 10.1. The molecule has 0 aliphatic heterocycles. The predicted molar refractivity (Wildman–Crippen MR) is 41.6 cm³/mol. The molecule has 0 aromatic rings. The minimum Gasteiger partial charge on any atom is -0.145 e. The van der Waals surface area contributed by atoms with Crippen molar-refractivity contribution in [3.8, 4) is 0 Å². The Bertz CT molecular complexity index is 228. The molecule has 10 heavy (non-hydrogen) atoms. The second-order valence-electron chi connectivity index (χ2n) is 1.88. The van der Waals surface area contributed by atoms with E-state index < -0.39 is 0 Å². The Morgan fingerprint density at radius 3 is 3.00 bits per heavy atom. The van der Waals surface area contributed by atoms with Gasteiger partial charge in [-0.1, -0.05) is 29.8 Å². The summed E-state index contributed by atoms with van der Waals surface area (Å²) in [6.07, 6.45) is 7.63. The first-order valence-corrected chi connectivity index (χ1v) is 3.27. The van der Waals surface area contributed by atoms with Crippen molar-refractivity contribution in [1.82, 2.24) is 0 Å². The van der Waals surface area contributed by atoms with E-state index in [9.17, 15) is 4.91 Å². The molecule has 0 radical (unpaired) electrons. The van der Waals surface area contributed by atoms with Crippen LogP contribution in [0.4, 0.5) is 0 Å². The average molecular weight is 156 g/mol. The van der Waals surface area contributed by atoms with Crippen LogP contribution in [0.1, 0.15) is 6.42 Å². The average Bonchev–Trinajstić information content (AvgIpc) is 2.13. The van der Waals surface area contributed by atoms with Gasteiger partial charge in [-0.05, 0) is 11.3 Å². The molecule has 1 rings (SSSR count). The number of nitroso groups, excluding NO2 is 1. The summed E-state index contributed by atoms with van der Waals surface area (Å²) in [5, 5.41) is 3.21. The summed E-state index contributed by atoms with van der Waals surface area (Å²) in [7, 11) is 0. The zero-order valence-corrected chi connectivity index (χ0v) is 6.01. The van der Waals surface area contributed by atoms with Crippen LogP contribution in [0, 0.1) is 4.91 Å². The predicted octanol–water partition coefficient (Wildman–Crippen LogP) is 2.72. The van der Waals surface area contributed by atoms with Crippen molar-refractivity contribution in [2.24, 2.45) is 5.18 Å². The number of halogens is 1. The summed E-state index contributed by atoms with van der Waals surface area (Å²) in [5.74, 6) is 0. The van der Waals surface area contributed by atoms with Crippen LogP contribution >= 0.6 is 11.6 Å². The lowest BCUT2D eigenvalue weighted by Crippen LogP contribution is -1.75. The number of hydrogen-bond acceptors (Lipinski definition) is 2. The first kappa shape index (κ1) is 7.22. The van der Waals surface area contributed by atoms with E-state index >= 15 is 0 Å². The fourth-order valence-corrected chi connectivity index (χ4v) is 0.857. The molecule has 0 atom stereocenters. The molecule has 0 heterocycles. The third kappa shape index (κ3) is 1.54. The fraction of sp³-hybridized carbons (Fsp3) is 0.143. The molecule has 0 saturated heterocycles. The highest BCUT2D eigenvalue weighted by Gasteiger charge is 2.01. The normalized spacial score (nSPS) is 17.3. The lowest BCUT2D eigenvalue weighted by molar-refractivity contribution is 1.15. The smallest absolute Gasteiger partial charge is 0.107 e. The van der Waals surface area contributed by atoms with Crippen molar-refractivity contribution < 1.29 is 0 Å². The van der Waals surface area contributed by atoms with Crippen molar-refractivity contribution in [3.05, 3.63) is 39.9 Å². The molecule has 3 heteroatoms. The van der Waals surface area contributed by atoms with E-state index in [4.69, 9.17) is 11.6 Å². The Labute approximate surface area is 63.9 Å². The van der Waals surface area contributed by atoms with Crippen LogP contribution in [0.15, 0.2) is 40.2 Å². The van der Waals surface area contributed by atoms with Crippen molar-refractivity contribution >= 4 is 11.6 Å². The summed E-state index contributed by atoms with van der Waals surface area (Å²) >= 11 is 5.65. The highest BCUT2D eigenvalue weighted by atomic mass is 35.5. The Hall–Kier alpha value is -0.890. The Morgan fingerprint density at radius 2 is 2.30 bits per heavy atom. The summed E-state index contributed by atoms with van der Waals surface area (Å²) < 4.78 is 0. The molecular weight excluding hydrogens is 150 g/mol. The second kappa shape index (κ2) is 3.32. The topological polar surface area (TPSA) is 29.4 Å². The van der Waals surface area contributed by atoms with Gasteiger partial charge >= 0.3 is 0 Å². The SMILES string of the molecule is O=NC1=C(Cl)C=CC=CC1. The molecule has 1 aliphatic carbocycles. The van der Waals surface area contributed by atoms with Gasteiger partial charge in [0, 0.05) is 6.42 Å². The molecule has 0 aromatic carbocycles. The summed E-state index contributed by atoms with van der Waals surface area (Å²) in [6.45, 7) is 0. The first-order valence-electron chi connectivity index (χ1n) is 2.90. The largest absolute Gasteiger partial charge is 0.145 e. The lowest BCUT2D eigenvalue weighted by atomic mass is 10.3. The van der Waals surface area contributed by atoms with Crippen molar-refractivity contribution in [1.29, 1.82) is 0 Å². The molecule has 0 N–H and O–H groups in total. The van der Waals surface area contributed by atoms with E-state index in [1.54, 1.807) is 12.2 Å². The molecule has 0 amide bonds. The van der Waals surface area contributed by atoms with Crippen LogP contribution in [0.25, 0.3) is 0 Å². The van der Waals surface area contributed by atoms with Crippen LogP contribution in [0.3, 0.4) is 0 Å². The zero-order chi connectivity index (χ0) is 7.40. The third-order valence-corrected chi connectivity index (χ3v) is 1.53. The van der Waals surface area contributed by atoms with Crippen LogP contribution in [-0.4, -0.2) is 0 Å². The van der Waals surface area contributed by atoms with E-state index in [-0.39, 0.29) is 0 Å². The number of hydrogen-bond donors (Lipinski definition) is 0. The molecule has 0 saturated carbocycles. The van der Waals surface area contributed by atoms with Crippen molar-refractivity contribution in [3.63, 3.8) is 0 Å². The Kier molecular flexibility index (Phi) is 2.40. The molecular formula is C7H6ClNO. The van der Waals surface area contributed by atoms with Gasteiger partial charge in [0.25, 0.3) is 0 Å². The van der Waals surface area contributed by atoms with E-state index in [0.717, 1.165) is 0 Å². The highest BCUT2D eigenvalue weighted by Crippen LogP contribution is 2.18. The zero-order valence-electron chi connectivity index (χ0n) is 5.25. The van der Waals surface area contributed by atoms with Gasteiger partial charge in [-0.25, -0.2) is 0 Å². The number of allylic oxidation sites excluding steroid dienone is 5. The molecule has 0 bridgehead atoms. The summed E-state index contributed by atoms with van der Waals surface area (Å²) in [5.41, 5.74) is 0.395. The maximum absolute atomic E-state index is 10.1. The van der Waals surface area contributed by atoms with Gasteiger partial charge in [-0.3, -0.25) is 0 Å². The van der Waals surface area contributed by atoms with Crippen LogP contribution in [0.5, 0.6) is 0 Å². The van der Waals surface area contributed by atoms with Gasteiger partial charge in [-0.15, -0.1) is 4.91 Å². The first-order chi connectivity index (χ1) is 4.84. The molecule has 52 valence electrons.